The second-order valence-corrected chi connectivity index (χ2v) is 4.06. The first-order valence-electron chi connectivity index (χ1n) is 5.03. The van der Waals surface area contributed by atoms with Gasteiger partial charge >= 0.3 is 0 Å². The van der Waals surface area contributed by atoms with Crippen molar-refractivity contribution in [3.05, 3.63) is 64.4 Å². The summed E-state index contributed by atoms with van der Waals surface area (Å²) >= 11 is 6.03. The lowest BCUT2D eigenvalue weighted by Crippen LogP contribution is -2.01. The summed E-state index contributed by atoms with van der Waals surface area (Å²) in [6.45, 7) is 1.89. The summed E-state index contributed by atoms with van der Waals surface area (Å²) in [5, 5.41) is 10.8. The summed E-state index contributed by atoms with van der Waals surface area (Å²) in [5.74, 6) is 0. The van der Waals surface area contributed by atoms with Crippen LogP contribution in [-0.4, -0.2) is 10.1 Å². The second kappa shape index (κ2) is 4.64. The lowest BCUT2D eigenvalue weighted by molar-refractivity contribution is 0.220. The Kier molecular flexibility index (Phi) is 3.22. The predicted octanol–water partition coefficient (Wildman–Crippen LogP) is 3.13. The standard InChI is InChI=1S/C13H12ClNO/c1-9-8-10(6-7-15-9)13(16)11-4-2-3-5-12(11)14/h2-8,13,16H,1H3. The Morgan fingerprint density at radius 2 is 2.00 bits per heavy atom. The van der Waals surface area contributed by atoms with Gasteiger partial charge in [-0.05, 0) is 30.7 Å². The number of rotatable bonds is 2. The van der Waals surface area contributed by atoms with Crippen molar-refractivity contribution in [1.29, 1.82) is 0 Å². The van der Waals surface area contributed by atoms with Crippen LogP contribution in [0, 0.1) is 6.92 Å². The molecule has 0 amide bonds. The van der Waals surface area contributed by atoms with Crippen LogP contribution in [-0.2, 0) is 0 Å². The first kappa shape index (κ1) is 11.1. The fourth-order valence-electron chi connectivity index (χ4n) is 1.61. The molecule has 0 radical (unpaired) electrons. The molecular formula is C13H12ClNO. The maximum atomic E-state index is 10.2. The molecule has 0 aliphatic rings. The van der Waals surface area contributed by atoms with Crippen molar-refractivity contribution in [2.75, 3.05) is 0 Å². The molecule has 82 valence electrons. The SMILES string of the molecule is Cc1cc(C(O)c2ccccc2Cl)ccn1. The molecule has 2 nitrogen and oxygen atoms in total. The molecular weight excluding hydrogens is 222 g/mol. The Morgan fingerprint density at radius 1 is 1.25 bits per heavy atom. The fraction of sp³-hybridized carbons (Fsp3) is 0.154. The van der Waals surface area contributed by atoms with Crippen LogP contribution >= 0.6 is 11.6 Å². The molecule has 2 rings (SSSR count). The quantitative estimate of drug-likeness (QED) is 0.865. The Hall–Kier alpha value is -1.38. The zero-order valence-corrected chi connectivity index (χ0v) is 9.65. The number of nitrogens with zero attached hydrogens (tertiary/aromatic N) is 1. The molecule has 1 atom stereocenters. The third-order valence-corrected chi connectivity index (χ3v) is 2.78. The van der Waals surface area contributed by atoms with E-state index in [1.54, 1.807) is 18.3 Å². The Labute approximate surface area is 99.5 Å². The molecule has 0 spiro atoms. The summed E-state index contributed by atoms with van der Waals surface area (Å²) in [5.41, 5.74) is 2.40. The molecule has 1 N–H and O–H groups in total. The fourth-order valence-corrected chi connectivity index (χ4v) is 1.85. The number of aromatic nitrogens is 1. The van der Waals surface area contributed by atoms with Gasteiger partial charge in [-0.2, -0.15) is 0 Å². The van der Waals surface area contributed by atoms with Crippen LogP contribution in [0.25, 0.3) is 0 Å². The molecule has 16 heavy (non-hydrogen) atoms. The van der Waals surface area contributed by atoms with E-state index in [9.17, 15) is 5.11 Å². The zero-order chi connectivity index (χ0) is 11.5. The molecule has 0 aliphatic carbocycles. The normalized spacial score (nSPS) is 12.4. The van der Waals surface area contributed by atoms with Gasteiger partial charge in [0.15, 0.2) is 0 Å². The maximum absolute atomic E-state index is 10.2. The van der Waals surface area contributed by atoms with Crippen LogP contribution in [0.1, 0.15) is 22.9 Å². The number of benzene rings is 1. The summed E-state index contributed by atoms with van der Waals surface area (Å²) in [6.07, 6.45) is 0.987. The molecule has 0 fully saturated rings. The molecule has 0 saturated carbocycles. The average molecular weight is 234 g/mol. The third kappa shape index (κ3) is 2.23. The molecule has 1 heterocycles. The molecule has 1 aromatic heterocycles. The smallest absolute Gasteiger partial charge is 0.106 e. The van der Waals surface area contributed by atoms with Crippen molar-refractivity contribution in [2.24, 2.45) is 0 Å². The Balaban J connectivity index is 2.39. The number of pyridine rings is 1. The van der Waals surface area contributed by atoms with E-state index in [1.807, 2.05) is 31.2 Å². The van der Waals surface area contributed by atoms with E-state index in [4.69, 9.17) is 11.6 Å². The third-order valence-electron chi connectivity index (χ3n) is 2.44. The van der Waals surface area contributed by atoms with Gasteiger partial charge in [-0.25, -0.2) is 0 Å². The molecule has 3 heteroatoms. The van der Waals surface area contributed by atoms with Gasteiger partial charge in [0.05, 0.1) is 0 Å². The monoisotopic (exact) mass is 233 g/mol. The minimum Gasteiger partial charge on any atom is -0.384 e. The van der Waals surface area contributed by atoms with Gasteiger partial charge in [0.1, 0.15) is 6.10 Å². The van der Waals surface area contributed by atoms with E-state index in [0.717, 1.165) is 16.8 Å². The lowest BCUT2D eigenvalue weighted by Gasteiger charge is -2.13. The topological polar surface area (TPSA) is 33.1 Å². The van der Waals surface area contributed by atoms with Crippen LogP contribution in [0.3, 0.4) is 0 Å². The predicted molar refractivity (Wildman–Crippen MR) is 64.5 cm³/mol. The van der Waals surface area contributed by atoms with Gasteiger partial charge in [-0.3, -0.25) is 4.98 Å². The van der Waals surface area contributed by atoms with Crippen molar-refractivity contribution < 1.29 is 5.11 Å². The van der Waals surface area contributed by atoms with Crippen LogP contribution < -0.4 is 0 Å². The summed E-state index contributed by atoms with van der Waals surface area (Å²) in [6, 6.07) is 10.9. The summed E-state index contributed by atoms with van der Waals surface area (Å²) < 4.78 is 0. The van der Waals surface area contributed by atoms with E-state index in [1.165, 1.54) is 0 Å². The number of hydrogen-bond acceptors (Lipinski definition) is 2. The number of hydrogen-bond donors (Lipinski definition) is 1. The number of halogens is 1. The highest BCUT2D eigenvalue weighted by Gasteiger charge is 2.13. The van der Waals surface area contributed by atoms with Crippen molar-refractivity contribution >= 4 is 11.6 Å². The lowest BCUT2D eigenvalue weighted by atomic mass is 10.0. The van der Waals surface area contributed by atoms with Crippen molar-refractivity contribution in [3.8, 4) is 0 Å². The highest BCUT2D eigenvalue weighted by molar-refractivity contribution is 6.31. The van der Waals surface area contributed by atoms with E-state index in [2.05, 4.69) is 4.98 Å². The molecule has 0 aliphatic heterocycles. The van der Waals surface area contributed by atoms with E-state index in [-0.39, 0.29) is 0 Å². The summed E-state index contributed by atoms with van der Waals surface area (Å²) in [7, 11) is 0. The van der Waals surface area contributed by atoms with Gasteiger partial charge in [0, 0.05) is 22.5 Å². The largest absolute Gasteiger partial charge is 0.384 e. The van der Waals surface area contributed by atoms with Gasteiger partial charge in [0.25, 0.3) is 0 Å². The molecule has 0 bridgehead atoms. The number of aryl methyl sites for hydroxylation is 1. The highest BCUT2D eigenvalue weighted by atomic mass is 35.5. The number of aliphatic hydroxyl groups is 1. The van der Waals surface area contributed by atoms with Crippen LogP contribution in [0.2, 0.25) is 5.02 Å². The second-order valence-electron chi connectivity index (χ2n) is 3.65. The van der Waals surface area contributed by atoms with Crippen LogP contribution in [0.5, 0.6) is 0 Å². The average Bonchev–Trinajstić information content (AvgIpc) is 2.29. The minimum absolute atomic E-state index is 0.574. The van der Waals surface area contributed by atoms with Crippen molar-refractivity contribution in [1.82, 2.24) is 4.98 Å². The first-order valence-corrected chi connectivity index (χ1v) is 5.41. The van der Waals surface area contributed by atoms with E-state index < -0.39 is 6.10 Å². The van der Waals surface area contributed by atoms with Crippen LogP contribution in [0.15, 0.2) is 42.6 Å². The van der Waals surface area contributed by atoms with E-state index >= 15 is 0 Å². The number of aliphatic hydroxyl groups excluding tert-OH is 1. The molecule has 1 unspecified atom stereocenters. The van der Waals surface area contributed by atoms with Crippen molar-refractivity contribution in [3.63, 3.8) is 0 Å². The Morgan fingerprint density at radius 3 is 2.69 bits per heavy atom. The summed E-state index contributed by atoms with van der Waals surface area (Å²) in [4.78, 5) is 4.09. The van der Waals surface area contributed by atoms with Gasteiger partial charge in [-0.1, -0.05) is 29.8 Å². The maximum Gasteiger partial charge on any atom is 0.106 e. The molecule has 2 aromatic rings. The minimum atomic E-state index is -0.699. The van der Waals surface area contributed by atoms with Crippen LogP contribution in [0.4, 0.5) is 0 Å². The first-order chi connectivity index (χ1) is 7.68. The van der Waals surface area contributed by atoms with Crippen molar-refractivity contribution in [2.45, 2.75) is 13.0 Å². The highest BCUT2D eigenvalue weighted by Crippen LogP contribution is 2.27. The van der Waals surface area contributed by atoms with Gasteiger partial charge in [0.2, 0.25) is 0 Å². The molecule has 0 saturated heterocycles. The molecule has 1 aromatic carbocycles. The van der Waals surface area contributed by atoms with Gasteiger partial charge in [-0.15, -0.1) is 0 Å². The zero-order valence-electron chi connectivity index (χ0n) is 8.89. The van der Waals surface area contributed by atoms with E-state index in [0.29, 0.717) is 5.02 Å². The Bertz CT molecular complexity index is 499. The van der Waals surface area contributed by atoms with Gasteiger partial charge < -0.3 is 5.11 Å².